The molecule has 6 nitrogen and oxygen atoms in total. The normalized spacial score (nSPS) is 19.1. The molecule has 0 aromatic heterocycles. The Morgan fingerprint density at radius 1 is 1.28 bits per heavy atom. The molecule has 0 saturated carbocycles. The summed E-state index contributed by atoms with van der Waals surface area (Å²) in [6.07, 6.45) is 0.211. The zero-order valence-corrected chi connectivity index (χ0v) is 17.1. The Kier molecular flexibility index (Phi) is 5.12. The van der Waals surface area contributed by atoms with E-state index in [1.165, 1.54) is 18.9 Å². The second-order valence-corrected chi connectivity index (χ2v) is 8.02. The molecule has 0 spiro atoms. The fourth-order valence-electron chi connectivity index (χ4n) is 3.83. The summed E-state index contributed by atoms with van der Waals surface area (Å²) in [6.45, 7) is 2.49. The molecule has 29 heavy (non-hydrogen) atoms. The van der Waals surface area contributed by atoms with E-state index in [1.54, 1.807) is 23.1 Å². The van der Waals surface area contributed by atoms with Gasteiger partial charge in [0.1, 0.15) is 0 Å². The van der Waals surface area contributed by atoms with Gasteiger partial charge in [0.25, 0.3) is 0 Å². The number of amides is 1. The van der Waals surface area contributed by atoms with Gasteiger partial charge >= 0.3 is 0 Å². The van der Waals surface area contributed by atoms with Crippen LogP contribution in [0.2, 0.25) is 0 Å². The van der Waals surface area contributed by atoms with E-state index in [4.69, 9.17) is 4.74 Å². The number of thioether (sulfide) groups is 1. The number of benzene rings is 2. The quantitative estimate of drug-likeness (QED) is 0.831. The molecule has 0 bridgehead atoms. The zero-order valence-electron chi connectivity index (χ0n) is 16.3. The summed E-state index contributed by atoms with van der Waals surface area (Å²) >= 11 is 1.51. The van der Waals surface area contributed by atoms with Crippen LogP contribution in [0.5, 0.6) is 11.5 Å². The number of phenols is 1. The average molecular weight is 407 g/mol. The van der Waals surface area contributed by atoms with E-state index in [9.17, 15) is 15.2 Å². The molecule has 0 radical (unpaired) electrons. The van der Waals surface area contributed by atoms with Crippen LogP contribution in [0.25, 0.3) is 0 Å². The average Bonchev–Trinajstić information content (AvgIpc) is 2.74. The number of methoxy groups -OCH3 is 1. The van der Waals surface area contributed by atoms with Crippen molar-refractivity contribution in [3.05, 3.63) is 64.2 Å². The van der Waals surface area contributed by atoms with Crippen LogP contribution in [0.4, 0.5) is 5.69 Å². The summed E-state index contributed by atoms with van der Waals surface area (Å²) in [5.74, 6) is 0.683. The highest BCUT2D eigenvalue weighted by atomic mass is 32.2. The number of nitriles is 1. The molecule has 148 valence electrons. The van der Waals surface area contributed by atoms with Crippen LogP contribution in [-0.2, 0) is 4.79 Å². The third-order valence-corrected chi connectivity index (χ3v) is 6.51. The van der Waals surface area contributed by atoms with Gasteiger partial charge in [-0.3, -0.25) is 9.69 Å². The Balaban J connectivity index is 1.69. The second-order valence-electron chi connectivity index (χ2n) is 7.08. The Labute approximate surface area is 174 Å². The molecule has 1 fully saturated rings. The SMILES string of the molecule is COc1cc(C2CC(=O)N3CN(c4ccccc4C)CSC3=C2C#N)ccc1O. The molecule has 1 saturated heterocycles. The summed E-state index contributed by atoms with van der Waals surface area (Å²) in [7, 11) is 1.48. The van der Waals surface area contributed by atoms with E-state index in [1.807, 2.05) is 12.1 Å². The maximum atomic E-state index is 13.0. The number of aryl methyl sites for hydroxylation is 1. The van der Waals surface area contributed by atoms with Crippen LogP contribution in [-0.4, -0.2) is 35.6 Å². The maximum Gasteiger partial charge on any atom is 0.229 e. The van der Waals surface area contributed by atoms with Gasteiger partial charge in [0.05, 0.1) is 36.3 Å². The van der Waals surface area contributed by atoms with Crippen molar-refractivity contribution in [2.75, 3.05) is 24.6 Å². The van der Waals surface area contributed by atoms with E-state index < -0.39 is 0 Å². The fraction of sp³-hybridized carbons (Fsp3) is 0.273. The van der Waals surface area contributed by atoms with Gasteiger partial charge in [-0.25, -0.2) is 0 Å². The number of ether oxygens (including phenoxy) is 1. The summed E-state index contributed by atoms with van der Waals surface area (Å²) < 4.78 is 5.20. The molecule has 1 unspecified atom stereocenters. The monoisotopic (exact) mass is 407 g/mol. The molecule has 7 heteroatoms. The lowest BCUT2D eigenvalue weighted by atomic mass is 9.86. The van der Waals surface area contributed by atoms with Crippen molar-refractivity contribution in [1.82, 2.24) is 4.90 Å². The van der Waals surface area contributed by atoms with Crippen LogP contribution in [0, 0.1) is 18.3 Å². The topological polar surface area (TPSA) is 76.8 Å². The molecular weight excluding hydrogens is 386 g/mol. The predicted octanol–water partition coefficient (Wildman–Crippen LogP) is 3.93. The van der Waals surface area contributed by atoms with Gasteiger partial charge in [0.15, 0.2) is 11.5 Å². The number of nitrogens with zero attached hydrogens (tertiary/aromatic N) is 3. The molecule has 2 aromatic carbocycles. The van der Waals surface area contributed by atoms with E-state index in [2.05, 4.69) is 30.0 Å². The van der Waals surface area contributed by atoms with E-state index in [-0.39, 0.29) is 24.0 Å². The Morgan fingerprint density at radius 2 is 2.07 bits per heavy atom. The maximum absolute atomic E-state index is 13.0. The number of hydrogen-bond acceptors (Lipinski definition) is 6. The van der Waals surface area contributed by atoms with Crippen molar-refractivity contribution < 1.29 is 14.6 Å². The van der Waals surface area contributed by atoms with Crippen molar-refractivity contribution >= 4 is 23.4 Å². The minimum absolute atomic E-state index is 0.0122. The molecule has 4 rings (SSSR count). The van der Waals surface area contributed by atoms with Gasteiger partial charge in [-0.2, -0.15) is 5.26 Å². The molecule has 1 amide bonds. The largest absolute Gasteiger partial charge is 0.504 e. The minimum Gasteiger partial charge on any atom is -0.504 e. The number of fused-ring (bicyclic) bond motifs is 1. The molecule has 2 aliphatic heterocycles. The Hall–Kier alpha value is -3.11. The summed E-state index contributed by atoms with van der Waals surface area (Å²) in [5, 5.41) is 20.5. The van der Waals surface area contributed by atoms with Crippen molar-refractivity contribution in [1.29, 1.82) is 5.26 Å². The number of rotatable bonds is 3. The minimum atomic E-state index is -0.342. The van der Waals surface area contributed by atoms with Gasteiger partial charge in [0.2, 0.25) is 5.91 Å². The van der Waals surface area contributed by atoms with E-state index >= 15 is 0 Å². The molecule has 2 heterocycles. The van der Waals surface area contributed by atoms with Crippen LogP contribution in [0.1, 0.15) is 23.5 Å². The first-order valence-corrected chi connectivity index (χ1v) is 10.3. The molecule has 2 aliphatic rings. The number of hydrogen-bond donors (Lipinski definition) is 1. The Morgan fingerprint density at radius 3 is 2.79 bits per heavy atom. The highest BCUT2D eigenvalue weighted by molar-refractivity contribution is 8.03. The number of anilines is 1. The van der Waals surface area contributed by atoms with Crippen LogP contribution < -0.4 is 9.64 Å². The summed E-state index contributed by atoms with van der Waals surface area (Å²) in [6, 6.07) is 15.4. The summed E-state index contributed by atoms with van der Waals surface area (Å²) in [4.78, 5) is 16.9. The third-order valence-electron chi connectivity index (χ3n) is 5.36. The molecular formula is C22H21N3O3S. The molecule has 1 N–H and O–H groups in total. The van der Waals surface area contributed by atoms with Crippen LogP contribution >= 0.6 is 11.8 Å². The van der Waals surface area contributed by atoms with Gasteiger partial charge in [0, 0.05) is 18.0 Å². The first kappa shape index (κ1) is 19.2. The van der Waals surface area contributed by atoms with Crippen molar-refractivity contribution in [3.63, 3.8) is 0 Å². The lowest BCUT2D eigenvalue weighted by molar-refractivity contribution is -0.129. The second kappa shape index (κ2) is 7.72. The van der Waals surface area contributed by atoms with E-state index in [0.29, 0.717) is 23.9 Å². The van der Waals surface area contributed by atoms with Gasteiger partial charge in [-0.1, -0.05) is 36.0 Å². The first-order valence-electron chi connectivity index (χ1n) is 9.28. The predicted molar refractivity (Wildman–Crippen MR) is 112 cm³/mol. The zero-order chi connectivity index (χ0) is 20.5. The van der Waals surface area contributed by atoms with Crippen LogP contribution in [0.3, 0.4) is 0 Å². The molecule has 0 aliphatic carbocycles. The van der Waals surface area contributed by atoms with Gasteiger partial charge in [-0.15, -0.1) is 0 Å². The number of para-hydroxylation sites is 1. The number of carbonyl (C=O) groups excluding carboxylic acids is 1. The summed E-state index contributed by atoms with van der Waals surface area (Å²) in [5.41, 5.74) is 3.63. The number of aromatic hydroxyl groups is 1. The fourth-order valence-corrected chi connectivity index (χ4v) is 4.99. The van der Waals surface area contributed by atoms with Crippen LogP contribution in [0.15, 0.2) is 53.1 Å². The smallest absolute Gasteiger partial charge is 0.229 e. The highest BCUT2D eigenvalue weighted by Gasteiger charge is 2.38. The Bertz CT molecular complexity index is 1040. The van der Waals surface area contributed by atoms with Crippen molar-refractivity contribution in [2.45, 2.75) is 19.3 Å². The van der Waals surface area contributed by atoms with E-state index in [0.717, 1.165) is 21.8 Å². The molecule has 1 atom stereocenters. The third kappa shape index (κ3) is 3.40. The molecule has 2 aromatic rings. The standard InChI is InChI=1S/C22H21N3O3S/c1-14-5-3-4-6-18(14)24-12-25-21(27)10-16(17(11-23)22(25)29-13-24)15-7-8-19(26)20(9-15)28-2/h3-9,16,26H,10,12-13H2,1-2H3. The first-order chi connectivity index (χ1) is 14.0. The van der Waals surface area contributed by atoms with Crippen molar-refractivity contribution in [3.8, 4) is 17.6 Å². The lowest BCUT2D eigenvalue weighted by Crippen LogP contribution is -2.47. The highest BCUT2D eigenvalue weighted by Crippen LogP contribution is 2.44. The number of allylic oxidation sites excluding steroid dienone is 1. The number of phenolic OH excluding ortho intramolecular Hbond substituents is 1. The van der Waals surface area contributed by atoms with Crippen molar-refractivity contribution in [2.24, 2.45) is 0 Å². The lowest BCUT2D eigenvalue weighted by Gasteiger charge is -2.42. The van der Waals surface area contributed by atoms with Gasteiger partial charge in [-0.05, 0) is 36.2 Å². The number of carbonyl (C=O) groups is 1. The van der Waals surface area contributed by atoms with Gasteiger partial charge < -0.3 is 14.7 Å².